The summed E-state index contributed by atoms with van der Waals surface area (Å²) in [5, 5.41) is 4.01. The summed E-state index contributed by atoms with van der Waals surface area (Å²) in [5.41, 5.74) is 2.17. The molecular weight excluding hydrogens is 276 g/mol. The van der Waals surface area contributed by atoms with E-state index < -0.39 is 0 Å². The van der Waals surface area contributed by atoms with E-state index in [0.717, 1.165) is 30.2 Å². The fourth-order valence-electron chi connectivity index (χ4n) is 1.97. The Balaban J connectivity index is 2.07. The fraction of sp³-hybridized carbons (Fsp3) is 0.429. The molecule has 6 heteroatoms. The summed E-state index contributed by atoms with van der Waals surface area (Å²) >= 11 is 6.16. The molecule has 108 valence electrons. The Morgan fingerprint density at radius 1 is 1.40 bits per heavy atom. The number of aromatic nitrogens is 3. The predicted molar refractivity (Wildman–Crippen MR) is 78.9 cm³/mol. The number of aryl methyl sites for hydroxylation is 1. The lowest BCUT2D eigenvalue weighted by Gasteiger charge is -2.12. The molecule has 0 saturated carbocycles. The van der Waals surface area contributed by atoms with E-state index in [2.05, 4.69) is 19.9 Å². The van der Waals surface area contributed by atoms with Crippen molar-refractivity contribution in [1.29, 1.82) is 0 Å². The highest BCUT2D eigenvalue weighted by Crippen LogP contribution is 2.17. The molecule has 20 heavy (non-hydrogen) atoms. The van der Waals surface area contributed by atoms with Crippen LogP contribution in [0.5, 0.6) is 0 Å². The largest absolute Gasteiger partial charge is 0.383 e. The zero-order valence-corrected chi connectivity index (χ0v) is 12.5. The van der Waals surface area contributed by atoms with E-state index in [4.69, 9.17) is 16.3 Å². The lowest BCUT2D eigenvalue weighted by atomic mass is 10.2. The number of pyridine rings is 1. The van der Waals surface area contributed by atoms with Crippen molar-refractivity contribution in [1.82, 2.24) is 19.9 Å². The average Bonchev–Trinajstić information content (AvgIpc) is 2.79. The van der Waals surface area contributed by atoms with Gasteiger partial charge in [-0.2, -0.15) is 0 Å². The summed E-state index contributed by atoms with van der Waals surface area (Å²) in [7, 11) is 1.70. The van der Waals surface area contributed by atoms with E-state index in [-0.39, 0.29) is 0 Å². The molecule has 0 bridgehead atoms. The topological polar surface area (TPSA) is 52.0 Å². The van der Waals surface area contributed by atoms with Crippen LogP contribution in [0.1, 0.15) is 17.1 Å². The molecule has 0 atom stereocenters. The number of nitrogens with one attached hydrogen (secondary N) is 1. The fourth-order valence-corrected chi connectivity index (χ4v) is 2.14. The molecule has 0 aliphatic rings. The summed E-state index contributed by atoms with van der Waals surface area (Å²) in [5.74, 6) is 0.974. The zero-order valence-electron chi connectivity index (χ0n) is 11.8. The van der Waals surface area contributed by atoms with E-state index in [1.165, 1.54) is 0 Å². The maximum absolute atomic E-state index is 6.16. The van der Waals surface area contributed by atoms with E-state index in [9.17, 15) is 0 Å². The number of hydrogen-bond acceptors (Lipinski definition) is 4. The van der Waals surface area contributed by atoms with Gasteiger partial charge in [0.15, 0.2) is 0 Å². The molecule has 0 aliphatic carbocycles. The molecule has 0 unspecified atom stereocenters. The van der Waals surface area contributed by atoms with Crippen molar-refractivity contribution >= 4 is 11.6 Å². The molecule has 2 heterocycles. The first-order chi connectivity index (χ1) is 9.72. The van der Waals surface area contributed by atoms with Crippen molar-refractivity contribution in [2.24, 2.45) is 0 Å². The van der Waals surface area contributed by atoms with Gasteiger partial charge in [0.1, 0.15) is 5.82 Å². The van der Waals surface area contributed by atoms with Gasteiger partial charge in [-0.05, 0) is 18.6 Å². The van der Waals surface area contributed by atoms with Crippen molar-refractivity contribution in [2.45, 2.75) is 20.0 Å². The second-order valence-electron chi connectivity index (χ2n) is 4.52. The molecule has 0 amide bonds. The smallest absolute Gasteiger partial charge is 0.106 e. The molecule has 5 nitrogen and oxygen atoms in total. The standard InChI is InChI=1S/C14H19ClN4O/c1-11-18-8-13(7-17-5-6-20-2)19(11)10-12-3-4-16-9-14(12)15/h3-4,8-9,17H,5-7,10H2,1-2H3. The SMILES string of the molecule is COCCNCc1cnc(C)n1Cc1ccncc1Cl. The molecule has 0 fully saturated rings. The van der Waals surface area contributed by atoms with Crippen LogP contribution in [-0.4, -0.2) is 34.8 Å². The minimum absolute atomic E-state index is 0.680. The number of nitrogens with zero attached hydrogens (tertiary/aromatic N) is 3. The molecule has 2 aromatic rings. The van der Waals surface area contributed by atoms with Gasteiger partial charge in [0.2, 0.25) is 0 Å². The third-order valence-corrected chi connectivity index (χ3v) is 3.45. The Morgan fingerprint density at radius 3 is 3.00 bits per heavy atom. The van der Waals surface area contributed by atoms with Gasteiger partial charge in [-0.1, -0.05) is 11.6 Å². The number of hydrogen-bond donors (Lipinski definition) is 1. The van der Waals surface area contributed by atoms with Gasteiger partial charge in [-0.25, -0.2) is 4.98 Å². The molecule has 1 N–H and O–H groups in total. The van der Waals surface area contributed by atoms with Crippen molar-refractivity contribution in [3.05, 3.63) is 46.8 Å². The minimum atomic E-state index is 0.680. The Labute approximate surface area is 124 Å². The Morgan fingerprint density at radius 2 is 2.25 bits per heavy atom. The second-order valence-corrected chi connectivity index (χ2v) is 4.93. The lowest BCUT2D eigenvalue weighted by molar-refractivity contribution is 0.199. The van der Waals surface area contributed by atoms with Crippen molar-refractivity contribution < 1.29 is 4.74 Å². The van der Waals surface area contributed by atoms with Crippen LogP contribution in [0.25, 0.3) is 0 Å². The first kappa shape index (κ1) is 15.0. The van der Waals surface area contributed by atoms with Gasteiger partial charge in [0, 0.05) is 38.8 Å². The van der Waals surface area contributed by atoms with Crippen LogP contribution in [-0.2, 0) is 17.8 Å². The van der Waals surface area contributed by atoms with Gasteiger partial charge in [0.05, 0.1) is 23.9 Å². The van der Waals surface area contributed by atoms with Crippen molar-refractivity contribution in [3.8, 4) is 0 Å². The molecule has 0 aliphatic heterocycles. The molecule has 2 aromatic heterocycles. The van der Waals surface area contributed by atoms with Crippen LogP contribution in [0, 0.1) is 6.92 Å². The zero-order chi connectivity index (χ0) is 14.4. The monoisotopic (exact) mass is 294 g/mol. The Hall–Kier alpha value is -1.43. The summed E-state index contributed by atoms with van der Waals surface area (Å²) in [6, 6.07) is 1.93. The first-order valence-corrected chi connectivity index (χ1v) is 6.89. The van der Waals surface area contributed by atoms with Crippen LogP contribution in [0.15, 0.2) is 24.7 Å². The molecule has 0 aromatic carbocycles. The van der Waals surface area contributed by atoms with Crippen molar-refractivity contribution in [3.63, 3.8) is 0 Å². The predicted octanol–water partition coefficient (Wildman–Crippen LogP) is 2.02. The summed E-state index contributed by atoms with van der Waals surface area (Å²) < 4.78 is 7.17. The van der Waals surface area contributed by atoms with Gasteiger partial charge in [-0.15, -0.1) is 0 Å². The van der Waals surface area contributed by atoms with Crippen molar-refractivity contribution in [2.75, 3.05) is 20.3 Å². The molecular formula is C14H19ClN4O. The van der Waals surface area contributed by atoms with Crippen LogP contribution in [0.2, 0.25) is 5.02 Å². The molecule has 2 rings (SSSR count). The highest BCUT2D eigenvalue weighted by molar-refractivity contribution is 6.31. The first-order valence-electron chi connectivity index (χ1n) is 6.51. The maximum Gasteiger partial charge on any atom is 0.106 e. The Bertz CT molecular complexity index is 556. The third kappa shape index (κ3) is 3.79. The van der Waals surface area contributed by atoms with Crippen LogP contribution in [0.3, 0.4) is 0 Å². The summed E-state index contributed by atoms with van der Waals surface area (Å²) in [6.07, 6.45) is 5.31. The average molecular weight is 295 g/mol. The van der Waals surface area contributed by atoms with Gasteiger partial charge in [-0.3, -0.25) is 4.98 Å². The van der Waals surface area contributed by atoms with Gasteiger partial charge in [0.25, 0.3) is 0 Å². The molecule has 0 saturated heterocycles. The van der Waals surface area contributed by atoms with Crippen LogP contribution >= 0.6 is 11.6 Å². The number of ether oxygens (including phenoxy) is 1. The number of halogens is 1. The summed E-state index contributed by atoms with van der Waals surface area (Å²) in [6.45, 7) is 4.97. The number of methoxy groups -OCH3 is 1. The highest BCUT2D eigenvalue weighted by atomic mass is 35.5. The van der Waals surface area contributed by atoms with Gasteiger partial charge < -0.3 is 14.6 Å². The normalized spacial score (nSPS) is 10.9. The number of imidazole rings is 1. The third-order valence-electron chi connectivity index (χ3n) is 3.11. The maximum atomic E-state index is 6.16. The van der Waals surface area contributed by atoms with Gasteiger partial charge >= 0.3 is 0 Å². The van der Waals surface area contributed by atoms with E-state index in [1.54, 1.807) is 19.5 Å². The van der Waals surface area contributed by atoms with E-state index >= 15 is 0 Å². The number of rotatable bonds is 7. The molecule has 0 spiro atoms. The van der Waals surface area contributed by atoms with Crippen LogP contribution in [0.4, 0.5) is 0 Å². The van der Waals surface area contributed by atoms with E-state index in [0.29, 0.717) is 18.2 Å². The highest BCUT2D eigenvalue weighted by Gasteiger charge is 2.09. The van der Waals surface area contributed by atoms with E-state index in [1.807, 2.05) is 19.2 Å². The molecule has 0 radical (unpaired) electrons. The summed E-state index contributed by atoms with van der Waals surface area (Å²) in [4.78, 5) is 8.38. The lowest BCUT2D eigenvalue weighted by Crippen LogP contribution is -2.21. The van der Waals surface area contributed by atoms with Crippen LogP contribution < -0.4 is 5.32 Å². The Kier molecular flexibility index (Phi) is 5.52. The minimum Gasteiger partial charge on any atom is -0.383 e. The second kappa shape index (κ2) is 7.38. The quantitative estimate of drug-likeness (QED) is 0.794.